The van der Waals surface area contributed by atoms with Crippen LogP contribution < -0.4 is 0 Å². The van der Waals surface area contributed by atoms with Crippen LogP contribution in [0.5, 0.6) is 0 Å². The molecular formula is C29H36FN3O4. The van der Waals surface area contributed by atoms with Gasteiger partial charge in [0, 0.05) is 42.9 Å². The topological polar surface area (TPSA) is 86.9 Å². The van der Waals surface area contributed by atoms with Crippen LogP contribution in [0.25, 0.3) is 22.4 Å². The molecule has 0 bridgehead atoms. The highest BCUT2D eigenvalue weighted by Gasteiger charge is 2.35. The zero-order valence-corrected chi connectivity index (χ0v) is 22.4. The Labute approximate surface area is 217 Å². The quantitative estimate of drug-likeness (QED) is 0.509. The number of furan rings is 1. The van der Waals surface area contributed by atoms with Gasteiger partial charge in [-0.15, -0.1) is 0 Å². The van der Waals surface area contributed by atoms with Gasteiger partial charge in [-0.25, -0.2) is 9.37 Å². The number of rotatable bonds is 5. The molecule has 2 amide bonds. The lowest BCUT2D eigenvalue weighted by Crippen LogP contribution is -2.57. The summed E-state index contributed by atoms with van der Waals surface area (Å²) in [4.78, 5) is 34.3. The van der Waals surface area contributed by atoms with Crippen molar-refractivity contribution in [3.8, 4) is 11.3 Å². The summed E-state index contributed by atoms with van der Waals surface area (Å²) in [6.07, 6.45) is -0.677. The van der Waals surface area contributed by atoms with E-state index in [4.69, 9.17) is 9.40 Å². The maximum absolute atomic E-state index is 13.5. The molecule has 1 saturated heterocycles. The van der Waals surface area contributed by atoms with Crippen LogP contribution in [0, 0.1) is 11.2 Å². The van der Waals surface area contributed by atoms with Crippen LogP contribution in [0.2, 0.25) is 0 Å². The highest BCUT2D eigenvalue weighted by molar-refractivity contribution is 5.96. The van der Waals surface area contributed by atoms with E-state index in [1.165, 1.54) is 12.1 Å². The van der Waals surface area contributed by atoms with Gasteiger partial charge in [0.05, 0.1) is 5.69 Å². The molecule has 8 heteroatoms. The Morgan fingerprint density at radius 2 is 1.84 bits per heavy atom. The van der Waals surface area contributed by atoms with Crippen LogP contribution in [0.3, 0.4) is 0 Å². The number of hydrogen-bond donors (Lipinski definition) is 1. The Balaban J connectivity index is 1.55. The van der Waals surface area contributed by atoms with Gasteiger partial charge < -0.3 is 19.3 Å². The maximum Gasteiger partial charge on any atom is 0.290 e. The highest BCUT2D eigenvalue weighted by atomic mass is 19.1. The molecule has 0 saturated carbocycles. The summed E-state index contributed by atoms with van der Waals surface area (Å²) < 4.78 is 19.5. The Hall–Kier alpha value is -3.26. The smallest absolute Gasteiger partial charge is 0.290 e. The molecule has 1 fully saturated rings. The number of nitrogens with zero attached hydrogens (tertiary/aromatic N) is 3. The van der Waals surface area contributed by atoms with Gasteiger partial charge >= 0.3 is 0 Å². The Morgan fingerprint density at radius 3 is 2.43 bits per heavy atom. The fourth-order valence-corrected chi connectivity index (χ4v) is 4.83. The molecule has 7 nitrogen and oxygen atoms in total. The van der Waals surface area contributed by atoms with Crippen molar-refractivity contribution in [1.29, 1.82) is 0 Å². The molecule has 0 radical (unpaired) electrons. The molecule has 1 aromatic carbocycles. The first kappa shape index (κ1) is 26.8. The molecule has 0 aliphatic carbocycles. The number of aromatic nitrogens is 1. The van der Waals surface area contributed by atoms with E-state index in [9.17, 15) is 19.1 Å². The van der Waals surface area contributed by atoms with Gasteiger partial charge in [-0.1, -0.05) is 34.6 Å². The predicted molar refractivity (Wildman–Crippen MR) is 141 cm³/mol. The number of benzene rings is 1. The van der Waals surface area contributed by atoms with Crippen molar-refractivity contribution >= 4 is 22.9 Å². The summed E-state index contributed by atoms with van der Waals surface area (Å²) in [7, 11) is 0. The number of aliphatic hydroxyl groups is 1. The number of fused-ring (bicyclic) bond motifs is 1. The maximum atomic E-state index is 13.5. The van der Waals surface area contributed by atoms with Crippen LogP contribution in [0.15, 0.2) is 40.8 Å². The second-order valence-corrected chi connectivity index (χ2v) is 11.5. The number of pyridine rings is 1. The van der Waals surface area contributed by atoms with Gasteiger partial charge in [-0.05, 0) is 55.0 Å². The molecule has 1 aliphatic heterocycles. The van der Waals surface area contributed by atoms with Crippen molar-refractivity contribution in [2.24, 2.45) is 5.41 Å². The minimum Gasteiger partial charge on any atom is -0.449 e. The van der Waals surface area contributed by atoms with Gasteiger partial charge in [-0.2, -0.15) is 0 Å². The Kier molecular flexibility index (Phi) is 7.42. The van der Waals surface area contributed by atoms with Gasteiger partial charge in [0.25, 0.3) is 11.8 Å². The largest absolute Gasteiger partial charge is 0.449 e. The van der Waals surface area contributed by atoms with Crippen LogP contribution in [-0.4, -0.2) is 63.5 Å². The Morgan fingerprint density at radius 1 is 1.16 bits per heavy atom. The summed E-state index contributed by atoms with van der Waals surface area (Å²) in [5, 5.41) is 10.4. The van der Waals surface area contributed by atoms with E-state index >= 15 is 0 Å². The van der Waals surface area contributed by atoms with Crippen molar-refractivity contribution in [2.45, 2.75) is 66.0 Å². The first-order chi connectivity index (χ1) is 17.3. The second-order valence-electron chi connectivity index (χ2n) is 11.5. The minimum absolute atomic E-state index is 0.117. The van der Waals surface area contributed by atoms with Crippen molar-refractivity contribution < 1.29 is 23.5 Å². The van der Waals surface area contributed by atoms with E-state index in [0.717, 1.165) is 11.1 Å². The van der Waals surface area contributed by atoms with E-state index in [-0.39, 0.29) is 40.8 Å². The Bertz CT molecular complexity index is 1290. The molecule has 0 spiro atoms. The highest BCUT2D eigenvalue weighted by Crippen LogP contribution is 2.32. The van der Waals surface area contributed by atoms with Crippen molar-refractivity contribution in [3.05, 3.63) is 53.5 Å². The lowest BCUT2D eigenvalue weighted by atomic mass is 9.89. The summed E-state index contributed by atoms with van der Waals surface area (Å²) in [6, 6.07) is 9.50. The van der Waals surface area contributed by atoms with Crippen LogP contribution >= 0.6 is 0 Å². The van der Waals surface area contributed by atoms with Gasteiger partial charge in [0.2, 0.25) is 0 Å². The average molecular weight is 510 g/mol. The third-order valence-corrected chi connectivity index (χ3v) is 6.77. The lowest BCUT2D eigenvalue weighted by Gasteiger charge is -2.40. The van der Waals surface area contributed by atoms with Crippen molar-refractivity contribution in [2.75, 3.05) is 19.6 Å². The van der Waals surface area contributed by atoms with E-state index < -0.39 is 6.10 Å². The van der Waals surface area contributed by atoms with Crippen LogP contribution in [-0.2, 0) is 4.79 Å². The SMILES string of the molecule is CC(C)c1cc(-c2ccc(F)cc2)nc2cc(C(=O)N3CCN(C(=O)[C@H](O)CC(C)(C)C)C[C@@H]3C)oc12. The normalized spacial score (nSPS) is 17.5. The van der Waals surface area contributed by atoms with E-state index in [2.05, 4.69) is 0 Å². The summed E-state index contributed by atoms with van der Waals surface area (Å²) >= 11 is 0. The van der Waals surface area contributed by atoms with Gasteiger partial charge in [0.15, 0.2) is 11.3 Å². The van der Waals surface area contributed by atoms with Gasteiger partial charge in [0.1, 0.15) is 17.4 Å². The lowest BCUT2D eigenvalue weighted by molar-refractivity contribution is -0.144. The zero-order chi connectivity index (χ0) is 27.1. The number of carbonyl (C=O) groups is 2. The number of carbonyl (C=O) groups excluding carboxylic acids is 2. The molecule has 198 valence electrons. The molecule has 2 atom stereocenters. The number of piperazine rings is 1. The summed E-state index contributed by atoms with van der Waals surface area (Å²) in [6.45, 7) is 13.0. The fraction of sp³-hybridized carbons (Fsp3) is 0.483. The average Bonchev–Trinajstić information content (AvgIpc) is 3.26. The summed E-state index contributed by atoms with van der Waals surface area (Å²) in [5.74, 6) is -0.556. The molecule has 3 aromatic rings. The molecule has 0 unspecified atom stereocenters. The molecule has 3 heterocycles. The molecule has 1 N–H and O–H groups in total. The second kappa shape index (κ2) is 10.2. The van der Waals surface area contributed by atoms with Crippen LogP contribution in [0.1, 0.15) is 70.0 Å². The number of aliphatic hydroxyl groups excluding tert-OH is 1. The first-order valence-electron chi connectivity index (χ1n) is 12.8. The monoisotopic (exact) mass is 509 g/mol. The van der Waals surface area contributed by atoms with E-state index in [1.807, 2.05) is 47.6 Å². The van der Waals surface area contributed by atoms with E-state index in [1.54, 1.807) is 28.0 Å². The summed E-state index contributed by atoms with van der Waals surface area (Å²) in [5.41, 5.74) is 3.35. The third-order valence-electron chi connectivity index (χ3n) is 6.77. The standard InChI is InChI=1S/C29H36FN3O4/c1-17(2)21-13-22(19-7-9-20(30)10-8-19)31-23-14-25(37-26(21)23)28(36)33-12-11-32(16-18(33)3)27(35)24(34)15-29(4,5)6/h7-10,13-14,17-18,24,34H,11-12,15-16H2,1-6H3/t18-,24+/m0/s1. The fourth-order valence-electron chi connectivity index (χ4n) is 4.83. The number of hydrogen-bond acceptors (Lipinski definition) is 5. The third kappa shape index (κ3) is 5.85. The predicted octanol–water partition coefficient (Wildman–Crippen LogP) is 5.23. The zero-order valence-electron chi connectivity index (χ0n) is 22.4. The molecular weight excluding hydrogens is 473 g/mol. The molecule has 37 heavy (non-hydrogen) atoms. The molecule has 1 aliphatic rings. The first-order valence-corrected chi connectivity index (χ1v) is 12.8. The number of halogens is 1. The van der Waals surface area contributed by atoms with E-state index in [0.29, 0.717) is 42.8 Å². The van der Waals surface area contributed by atoms with Crippen molar-refractivity contribution in [3.63, 3.8) is 0 Å². The molecule has 4 rings (SSSR count). The number of amides is 2. The molecule has 2 aromatic heterocycles. The van der Waals surface area contributed by atoms with Crippen LogP contribution in [0.4, 0.5) is 4.39 Å². The minimum atomic E-state index is -1.05. The van der Waals surface area contributed by atoms with Gasteiger partial charge in [-0.3, -0.25) is 9.59 Å². The van der Waals surface area contributed by atoms with Crippen molar-refractivity contribution in [1.82, 2.24) is 14.8 Å².